The van der Waals surface area contributed by atoms with Gasteiger partial charge in [0.25, 0.3) is 0 Å². The molecule has 1 aromatic heterocycles. The molecule has 0 saturated carbocycles. The molecule has 1 fully saturated rings. The summed E-state index contributed by atoms with van der Waals surface area (Å²) >= 11 is 0. The van der Waals surface area contributed by atoms with Gasteiger partial charge in [-0.25, -0.2) is 0 Å². The van der Waals surface area contributed by atoms with Crippen LogP contribution in [0.25, 0.3) is 11.4 Å². The van der Waals surface area contributed by atoms with Gasteiger partial charge >= 0.3 is 0 Å². The highest BCUT2D eigenvalue weighted by atomic mass is 16.7. The van der Waals surface area contributed by atoms with Crippen LogP contribution in [0.3, 0.4) is 0 Å². The molecular formula is C22H24N4O3. The summed E-state index contributed by atoms with van der Waals surface area (Å²) in [6.07, 6.45) is 0. The monoisotopic (exact) mass is 392 g/mol. The van der Waals surface area contributed by atoms with Gasteiger partial charge in [-0.3, -0.25) is 9.80 Å². The number of piperazine rings is 1. The Hall–Kier alpha value is -2.90. The Morgan fingerprint density at radius 3 is 2.52 bits per heavy atom. The summed E-state index contributed by atoms with van der Waals surface area (Å²) in [5.74, 6) is 3.01. The number of fused-ring (bicyclic) bond motifs is 1. The molecule has 7 heteroatoms. The van der Waals surface area contributed by atoms with Crippen LogP contribution in [0.15, 0.2) is 47.0 Å². The molecule has 0 unspecified atom stereocenters. The van der Waals surface area contributed by atoms with E-state index in [-0.39, 0.29) is 0 Å². The van der Waals surface area contributed by atoms with E-state index in [9.17, 15) is 0 Å². The number of aromatic nitrogens is 2. The number of benzene rings is 2. The molecule has 0 spiro atoms. The fourth-order valence-corrected chi connectivity index (χ4v) is 3.81. The Morgan fingerprint density at radius 2 is 1.69 bits per heavy atom. The third-order valence-electron chi connectivity index (χ3n) is 5.41. The summed E-state index contributed by atoms with van der Waals surface area (Å²) in [5, 5.41) is 4.15. The van der Waals surface area contributed by atoms with E-state index in [0.717, 1.165) is 49.8 Å². The van der Waals surface area contributed by atoms with Gasteiger partial charge in [0, 0.05) is 38.3 Å². The van der Waals surface area contributed by atoms with Crippen LogP contribution in [0.5, 0.6) is 11.5 Å². The lowest BCUT2D eigenvalue weighted by atomic mass is 10.1. The normalized spacial score (nSPS) is 17.0. The molecule has 2 aliphatic heterocycles. The van der Waals surface area contributed by atoms with E-state index in [1.807, 2.05) is 18.2 Å². The highest BCUT2D eigenvalue weighted by Gasteiger charge is 2.21. The summed E-state index contributed by atoms with van der Waals surface area (Å²) in [4.78, 5) is 9.40. The van der Waals surface area contributed by atoms with Gasteiger partial charge < -0.3 is 14.0 Å². The van der Waals surface area contributed by atoms with Crippen molar-refractivity contribution in [2.24, 2.45) is 0 Å². The highest BCUT2D eigenvalue weighted by Crippen LogP contribution is 2.32. The van der Waals surface area contributed by atoms with E-state index < -0.39 is 0 Å². The molecule has 1 saturated heterocycles. The van der Waals surface area contributed by atoms with Crippen molar-refractivity contribution < 1.29 is 14.0 Å². The van der Waals surface area contributed by atoms with Gasteiger partial charge in [-0.1, -0.05) is 35.0 Å². The first-order valence-electron chi connectivity index (χ1n) is 9.96. The van der Waals surface area contributed by atoms with Gasteiger partial charge in [0.1, 0.15) is 0 Å². The van der Waals surface area contributed by atoms with Crippen LogP contribution in [0.2, 0.25) is 0 Å². The zero-order valence-electron chi connectivity index (χ0n) is 16.5. The SMILES string of the molecule is Cc1cccc(-c2noc(CN3CCN(Cc4ccc5c(c4)OCO5)CC3)n2)c1. The molecule has 0 amide bonds. The number of hydrogen-bond acceptors (Lipinski definition) is 7. The number of hydrogen-bond donors (Lipinski definition) is 0. The second-order valence-electron chi connectivity index (χ2n) is 7.62. The van der Waals surface area contributed by atoms with Gasteiger partial charge in [0.15, 0.2) is 11.5 Å². The maximum absolute atomic E-state index is 5.48. The van der Waals surface area contributed by atoms with E-state index in [0.29, 0.717) is 25.1 Å². The lowest BCUT2D eigenvalue weighted by Gasteiger charge is -2.33. The van der Waals surface area contributed by atoms with Crippen molar-refractivity contribution >= 4 is 0 Å². The van der Waals surface area contributed by atoms with Crippen molar-refractivity contribution in [3.63, 3.8) is 0 Å². The minimum absolute atomic E-state index is 0.318. The molecule has 2 aromatic carbocycles. The summed E-state index contributed by atoms with van der Waals surface area (Å²) < 4.78 is 16.4. The van der Waals surface area contributed by atoms with E-state index in [2.05, 4.69) is 51.1 Å². The molecule has 0 atom stereocenters. The third-order valence-corrected chi connectivity index (χ3v) is 5.41. The largest absolute Gasteiger partial charge is 0.454 e. The molecule has 29 heavy (non-hydrogen) atoms. The lowest BCUT2D eigenvalue weighted by Crippen LogP contribution is -2.45. The van der Waals surface area contributed by atoms with Gasteiger partial charge in [0.2, 0.25) is 18.5 Å². The minimum atomic E-state index is 0.318. The van der Waals surface area contributed by atoms with Crippen LogP contribution in [0.1, 0.15) is 17.0 Å². The van der Waals surface area contributed by atoms with Crippen LogP contribution < -0.4 is 9.47 Å². The average Bonchev–Trinajstić information content (AvgIpc) is 3.39. The highest BCUT2D eigenvalue weighted by molar-refractivity contribution is 5.55. The van der Waals surface area contributed by atoms with Crippen LogP contribution in [-0.2, 0) is 13.1 Å². The van der Waals surface area contributed by atoms with Crippen molar-refractivity contribution in [1.82, 2.24) is 19.9 Å². The Kier molecular flexibility index (Phi) is 4.91. The first kappa shape index (κ1) is 18.1. The molecule has 7 nitrogen and oxygen atoms in total. The quantitative estimate of drug-likeness (QED) is 0.661. The lowest BCUT2D eigenvalue weighted by molar-refractivity contribution is 0.112. The smallest absolute Gasteiger partial charge is 0.241 e. The second kappa shape index (κ2) is 7.85. The molecular weight excluding hydrogens is 368 g/mol. The zero-order chi connectivity index (χ0) is 19.6. The maximum Gasteiger partial charge on any atom is 0.241 e. The third kappa shape index (κ3) is 4.11. The predicted octanol–water partition coefficient (Wildman–Crippen LogP) is 3.09. The van der Waals surface area contributed by atoms with E-state index in [1.54, 1.807) is 0 Å². The summed E-state index contributed by atoms with van der Waals surface area (Å²) in [5.41, 5.74) is 3.43. The van der Waals surface area contributed by atoms with E-state index >= 15 is 0 Å². The Labute approximate surface area is 169 Å². The molecule has 0 N–H and O–H groups in total. The van der Waals surface area contributed by atoms with Crippen LogP contribution in [0, 0.1) is 6.92 Å². The second-order valence-corrected chi connectivity index (χ2v) is 7.62. The van der Waals surface area contributed by atoms with Crippen molar-refractivity contribution in [2.75, 3.05) is 33.0 Å². The first-order valence-corrected chi connectivity index (χ1v) is 9.96. The predicted molar refractivity (Wildman–Crippen MR) is 108 cm³/mol. The van der Waals surface area contributed by atoms with E-state index in [1.165, 1.54) is 11.1 Å². The maximum atomic E-state index is 5.48. The fraction of sp³-hybridized carbons (Fsp3) is 0.364. The van der Waals surface area contributed by atoms with Crippen molar-refractivity contribution in [3.05, 3.63) is 59.5 Å². The summed E-state index contributed by atoms with van der Waals surface area (Å²) in [6.45, 7) is 7.96. The topological polar surface area (TPSA) is 63.9 Å². The standard InChI is InChI=1S/C22H24N4O3/c1-16-3-2-4-18(11-16)22-23-21(29-24-22)14-26-9-7-25(8-10-26)13-17-5-6-19-20(12-17)28-15-27-19/h2-6,11-12H,7-10,13-15H2,1H3. The van der Waals surface area contributed by atoms with Crippen LogP contribution >= 0.6 is 0 Å². The van der Waals surface area contributed by atoms with E-state index in [4.69, 9.17) is 14.0 Å². The van der Waals surface area contributed by atoms with Crippen molar-refractivity contribution in [2.45, 2.75) is 20.0 Å². The Morgan fingerprint density at radius 1 is 0.897 bits per heavy atom. The van der Waals surface area contributed by atoms with Crippen molar-refractivity contribution in [1.29, 1.82) is 0 Å². The minimum Gasteiger partial charge on any atom is -0.454 e. The molecule has 5 rings (SSSR count). The van der Waals surface area contributed by atoms with Gasteiger partial charge in [-0.15, -0.1) is 0 Å². The number of rotatable bonds is 5. The van der Waals surface area contributed by atoms with Crippen molar-refractivity contribution in [3.8, 4) is 22.9 Å². The fourth-order valence-electron chi connectivity index (χ4n) is 3.81. The molecule has 150 valence electrons. The summed E-state index contributed by atoms with van der Waals surface area (Å²) in [7, 11) is 0. The first-order chi connectivity index (χ1) is 14.2. The summed E-state index contributed by atoms with van der Waals surface area (Å²) in [6, 6.07) is 14.4. The van der Waals surface area contributed by atoms with Crippen LogP contribution in [-0.4, -0.2) is 52.9 Å². The molecule has 0 bridgehead atoms. The average molecular weight is 392 g/mol. The Bertz CT molecular complexity index is 995. The number of ether oxygens (including phenoxy) is 2. The molecule has 3 aromatic rings. The van der Waals surface area contributed by atoms with Gasteiger partial charge in [-0.05, 0) is 30.7 Å². The molecule has 0 radical (unpaired) electrons. The molecule has 2 aliphatic rings. The van der Waals surface area contributed by atoms with Gasteiger partial charge in [0.05, 0.1) is 6.54 Å². The van der Waals surface area contributed by atoms with Crippen LogP contribution in [0.4, 0.5) is 0 Å². The van der Waals surface area contributed by atoms with Gasteiger partial charge in [-0.2, -0.15) is 4.98 Å². The number of nitrogens with zero attached hydrogens (tertiary/aromatic N) is 4. The Balaban J connectivity index is 1.14. The molecule has 0 aliphatic carbocycles. The zero-order valence-corrected chi connectivity index (χ0v) is 16.5. The number of aryl methyl sites for hydroxylation is 1. The molecule has 3 heterocycles.